The molecule has 4 nitrogen and oxygen atoms in total. The Labute approximate surface area is 108 Å². The first-order chi connectivity index (χ1) is 8.79. The smallest absolute Gasteiger partial charge is 0.418 e. The molecule has 0 saturated heterocycles. The van der Waals surface area contributed by atoms with Crippen molar-refractivity contribution in [3.63, 3.8) is 0 Å². The molecule has 1 aliphatic rings. The molecule has 1 amide bonds. The van der Waals surface area contributed by atoms with E-state index in [1.165, 1.54) is 19.0 Å². The maximum Gasteiger partial charge on any atom is 0.418 e. The summed E-state index contributed by atoms with van der Waals surface area (Å²) >= 11 is 0. The van der Waals surface area contributed by atoms with Gasteiger partial charge in [0, 0.05) is 20.3 Å². The first-order valence-electron chi connectivity index (χ1n) is 5.74. The minimum absolute atomic E-state index is 0.0927. The van der Waals surface area contributed by atoms with Gasteiger partial charge in [0.05, 0.1) is 11.7 Å². The fraction of sp³-hybridized carbons (Fsp3) is 0.500. The topological polar surface area (TPSA) is 42.4 Å². The Morgan fingerprint density at radius 2 is 2.05 bits per heavy atom. The maximum absolute atomic E-state index is 12.6. The van der Waals surface area contributed by atoms with Crippen molar-refractivity contribution in [1.29, 1.82) is 0 Å². The van der Waals surface area contributed by atoms with Gasteiger partial charge in [0.25, 0.3) is 5.91 Å². The van der Waals surface area contributed by atoms with Crippen molar-refractivity contribution in [3.8, 4) is 5.75 Å². The monoisotopic (exact) mass is 274 g/mol. The number of aromatic nitrogens is 1. The van der Waals surface area contributed by atoms with Crippen LogP contribution in [0.5, 0.6) is 5.75 Å². The zero-order valence-electron chi connectivity index (χ0n) is 10.5. The molecule has 104 valence electrons. The lowest BCUT2D eigenvalue weighted by molar-refractivity contribution is -0.138. The predicted octanol–water partition coefficient (Wildman–Crippen LogP) is 2.34. The molecule has 0 aliphatic heterocycles. The molecule has 0 unspecified atom stereocenters. The van der Waals surface area contributed by atoms with Crippen molar-refractivity contribution >= 4 is 5.91 Å². The Hall–Kier alpha value is -1.79. The fourth-order valence-electron chi connectivity index (χ4n) is 1.43. The van der Waals surface area contributed by atoms with Crippen LogP contribution in [0.4, 0.5) is 13.2 Å². The van der Waals surface area contributed by atoms with Crippen LogP contribution in [0.25, 0.3) is 0 Å². The summed E-state index contributed by atoms with van der Waals surface area (Å²) in [5.41, 5.74) is -1.01. The van der Waals surface area contributed by atoms with Gasteiger partial charge in [0.15, 0.2) is 11.4 Å². The average Bonchev–Trinajstić information content (AvgIpc) is 3.10. The van der Waals surface area contributed by atoms with Crippen molar-refractivity contribution in [2.45, 2.75) is 25.1 Å². The van der Waals surface area contributed by atoms with E-state index in [0.717, 1.165) is 18.9 Å². The zero-order valence-corrected chi connectivity index (χ0v) is 10.5. The van der Waals surface area contributed by atoms with E-state index < -0.39 is 17.6 Å². The van der Waals surface area contributed by atoms with Gasteiger partial charge in [0.2, 0.25) is 0 Å². The number of rotatable bonds is 3. The van der Waals surface area contributed by atoms with Gasteiger partial charge in [-0.05, 0) is 18.9 Å². The zero-order chi connectivity index (χ0) is 14.2. The summed E-state index contributed by atoms with van der Waals surface area (Å²) in [6, 6.07) is 0.835. The molecule has 1 heterocycles. The molecule has 2 rings (SSSR count). The lowest BCUT2D eigenvalue weighted by Gasteiger charge is -2.15. The van der Waals surface area contributed by atoms with Crippen LogP contribution in [-0.2, 0) is 6.18 Å². The van der Waals surface area contributed by atoms with Gasteiger partial charge in [-0.1, -0.05) is 0 Å². The predicted molar refractivity (Wildman–Crippen MR) is 60.9 cm³/mol. The van der Waals surface area contributed by atoms with Gasteiger partial charge < -0.3 is 9.64 Å². The van der Waals surface area contributed by atoms with Crippen molar-refractivity contribution in [1.82, 2.24) is 9.88 Å². The Kier molecular flexibility index (Phi) is 3.38. The number of amides is 1. The number of pyridine rings is 1. The van der Waals surface area contributed by atoms with Crippen LogP contribution >= 0.6 is 0 Å². The first kappa shape index (κ1) is 13.6. The van der Waals surface area contributed by atoms with Crippen LogP contribution in [0.3, 0.4) is 0 Å². The molecule has 0 atom stereocenters. The van der Waals surface area contributed by atoms with Gasteiger partial charge in [-0.15, -0.1) is 0 Å². The highest BCUT2D eigenvalue weighted by atomic mass is 19.4. The number of nitrogens with zero attached hydrogens (tertiary/aromatic N) is 2. The highest BCUT2D eigenvalue weighted by Crippen LogP contribution is 2.34. The summed E-state index contributed by atoms with van der Waals surface area (Å²) in [4.78, 5) is 16.7. The highest BCUT2D eigenvalue weighted by Gasteiger charge is 2.34. The molecule has 1 aromatic rings. The molecule has 0 bridgehead atoms. The van der Waals surface area contributed by atoms with Crippen molar-refractivity contribution in [2.24, 2.45) is 0 Å². The van der Waals surface area contributed by atoms with E-state index in [-0.39, 0.29) is 17.5 Å². The molecule has 7 heteroatoms. The molecule has 0 radical (unpaired) electrons. The number of carbonyl (C=O) groups excluding carboxylic acids is 1. The van der Waals surface area contributed by atoms with Crippen molar-refractivity contribution in [2.75, 3.05) is 14.1 Å². The Morgan fingerprint density at radius 1 is 1.42 bits per heavy atom. The number of alkyl halides is 3. The van der Waals surface area contributed by atoms with E-state index >= 15 is 0 Å². The Morgan fingerprint density at radius 3 is 2.53 bits per heavy atom. The molecule has 1 saturated carbocycles. The second-order valence-electron chi connectivity index (χ2n) is 4.59. The van der Waals surface area contributed by atoms with Gasteiger partial charge in [-0.3, -0.25) is 4.79 Å². The number of hydrogen-bond acceptors (Lipinski definition) is 3. The average molecular weight is 274 g/mol. The normalized spacial score (nSPS) is 15.2. The lowest BCUT2D eigenvalue weighted by atomic mass is 10.2. The van der Waals surface area contributed by atoms with Crippen LogP contribution in [0.15, 0.2) is 12.3 Å². The quantitative estimate of drug-likeness (QED) is 0.849. The van der Waals surface area contributed by atoms with E-state index in [0.29, 0.717) is 6.20 Å². The third-order valence-electron chi connectivity index (χ3n) is 2.61. The molecule has 1 fully saturated rings. The van der Waals surface area contributed by atoms with Crippen LogP contribution in [0, 0.1) is 0 Å². The SMILES string of the molecule is CN(C)C(=O)c1ncc(C(F)(F)F)cc1OC1CC1. The second-order valence-corrected chi connectivity index (χ2v) is 4.59. The summed E-state index contributed by atoms with van der Waals surface area (Å²) in [6.07, 6.45) is -2.40. The van der Waals surface area contributed by atoms with Crippen LogP contribution < -0.4 is 4.74 Å². The maximum atomic E-state index is 12.6. The van der Waals surface area contributed by atoms with Crippen LogP contribution in [-0.4, -0.2) is 36.0 Å². The summed E-state index contributed by atoms with van der Waals surface area (Å²) < 4.78 is 43.2. The molecule has 1 aromatic heterocycles. The Balaban J connectivity index is 2.39. The summed E-state index contributed by atoms with van der Waals surface area (Å²) in [7, 11) is 3.01. The van der Waals surface area contributed by atoms with E-state index in [2.05, 4.69) is 4.98 Å². The largest absolute Gasteiger partial charge is 0.488 e. The minimum atomic E-state index is -4.51. The van der Waals surface area contributed by atoms with E-state index in [1.54, 1.807) is 0 Å². The van der Waals surface area contributed by atoms with E-state index in [4.69, 9.17) is 4.74 Å². The first-order valence-corrected chi connectivity index (χ1v) is 5.74. The van der Waals surface area contributed by atoms with Crippen molar-refractivity contribution < 1.29 is 22.7 Å². The summed E-state index contributed by atoms with van der Waals surface area (Å²) in [5, 5.41) is 0. The van der Waals surface area contributed by atoms with Gasteiger partial charge in [0.1, 0.15) is 0 Å². The van der Waals surface area contributed by atoms with Gasteiger partial charge >= 0.3 is 6.18 Å². The summed E-state index contributed by atoms with van der Waals surface area (Å²) in [5.74, 6) is -0.583. The fourth-order valence-corrected chi connectivity index (χ4v) is 1.43. The number of halogens is 3. The number of carbonyl (C=O) groups is 1. The molecule has 0 N–H and O–H groups in total. The van der Waals surface area contributed by atoms with Crippen LogP contribution in [0.2, 0.25) is 0 Å². The standard InChI is InChI=1S/C12H13F3N2O2/c1-17(2)11(18)10-9(19-8-3-4-8)5-7(6-16-10)12(13,14)15/h5-6,8H,3-4H2,1-2H3. The molecule has 0 aromatic carbocycles. The molecule has 0 spiro atoms. The third kappa shape index (κ3) is 3.15. The Bertz CT molecular complexity index is 496. The third-order valence-corrected chi connectivity index (χ3v) is 2.61. The number of hydrogen-bond donors (Lipinski definition) is 0. The second kappa shape index (κ2) is 4.71. The number of ether oxygens (including phenoxy) is 1. The van der Waals surface area contributed by atoms with E-state index in [9.17, 15) is 18.0 Å². The van der Waals surface area contributed by atoms with Gasteiger partial charge in [-0.25, -0.2) is 4.98 Å². The highest BCUT2D eigenvalue weighted by molar-refractivity contribution is 5.94. The molecular formula is C12H13F3N2O2. The molecule has 1 aliphatic carbocycles. The van der Waals surface area contributed by atoms with E-state index in [1.807, 2.05) is 0 Å². The van der Waals surface area contributed by atoms with Crippen molar-refractivity contribution in [3.05, 3.63) is 23.5 Å². The van der Waals surface area contributed by atoms with Crippen LogP contribution in [0.1, 0.15) is 28.9 Å². The molecule has 19 heavy (non-hydrogen) atoms. The minimum Gasteiger partial charge on any atom is -0.488 e. The molecular weight excluding hydrogens is 261 g/mol. The lowest BCUT2D eigenvalue weighted by Crippen LogP contribution is -2.24. The summed E-state index contributed by atoms with van der Waals surface area (Å²) in [6.45, 7) is 0. The van der Waals surface area contributed by atoms with Gasteiger partial charge in [-0.2, -0.15) is 13.2 Å².